The number of likely N-dealkylation sites (N-methyl/N-ethyl adjacent to an activating group) is 1. The largest absolute Gasteiger partial charge is 0.491 e. The van der Waals surface area contributed by atoms with Crippen molar-refractivity contribution in [1.29, 1.82) is 0 Å². The zero-order chi connectivity index (χ0) is 14.5. The minimum atomic E-state index is 0.231. The van der Waals surface area contributed by atoms with Crippen molar-refractivity contribution < 1.29 is 4.74 Å². The summed E-state index contributed by atoms with van der Waals surface area (Å²) in [6.07, 6.45) is 2.81. The van der Waals surface area contributed by atoms with Gasteiger partial charge < -0.3 is 15.0 Å². The van der Waals surface area contributed by atoms with Gasteiger partial charge in [-0.2, -0.15) is 0 Å². The lowest BCUT2D eigenvalue weighted by molar-refractivity contribution is 0.218. The van der Waals surface area contributed by atoms with E-state index in [4.69, 9.17) is 4.74 Å². The molecule has 1 saturated heterocycles. The second-order valence-electron chi connectivity index (χ2n) is 6.23. The quantitative estimate of drug-likeness (QED) is 0.893. The van der Waals surface area contributed by atoms with E-state index in [-0.39, 0.29) is 6.10 Å². The monoisotopic (exact) mass is 276 g/mol. The van der Waals surface area contributed by atoms with E-state index in [1.165, 1.54) is 24.9 Å². The SMILES string of the molecule is CC(C)Oc1ccc(C(C)NC2CCCN(C)C2)cc1. The first kappa shape index (κ1) is 15.3. The standard InChI is InChI=1S/C17H28N2O/c1-13(2)20-17-9-7-15(8-10-17)14(3)18-16-6-5-11-19(4)12-16/h7-10,13-14,16,18H,5-6,11-12H2,1-4H3. The third-order valence-electron chi connectivity index (χ3n) is 3.86. The Kier molecular flexibility index (Phi) is 5.44. The van der Waals surface area contributed by atoms with Gasteiger partial charge in [-0.3, -0.25) is 0 Å². The van der Waals surface area contributed by atoms with Crippen LogP contribution in [0.25, 0.3) is 0 Å². The summed E-state index contributed by atoms with van der Waals surface area (Å²) in [5.41, 5.74) is 1.33. The molecule has 0 spiro atoms. The van der Waals surface area contributed by atoms with Crippen LogP contribution in [0.15, 0.2) is 24.3 Å². The van der Waals surface area contributed by atoms with E-state index >= 15 is 0 Å². The zero-order valence-electron chi connectivity index (χ0n) is 13.2. The van der Waals surface area contributed by atoms with Crippen LogP contribution in [0.5, 0.6) is 5.75 Å². The Morgan fingerprint density at radius 3 is 2.50 bits per heavy atom. The van der Waals surface area contributed by atoms with Gasteiger partial charge in [-0.1, -0.05) is 12.1 Å². The maximum Gasteiger partial charge on any atom is 0.119 e. The molecule has 0 bridgehead atoms. The van der Waals surface area contributed by atoms with Crippen LogP contribution in [-0.4, -0.2) is 37.2 Å². The summed E-state index contributed by atoms with van der Waals surface area (Å²) in [6.45, 7) is 8.73. The molecule has 112 valence electrons. The van der Waals surface area contributed by atoms with Crippen LogP contribution in [0.4, 0.5) is 0 Å². The van der Waals surface area contributed by atoms with E-state index in [0.717, 1.165) is 12.3 Å². The summed E-state index contributed by atoms with van der Waals surface area (Å²) < 4.78 is 5.69. The number of piperidine rings is 1. The normalized spacial score (nSPS) is 21.9. The van der Waals surface area contributed by atoms with Crippen molar-refractivity contribution in [2.45, 2.75) is 51.8 Å². The van der Waals surface area contributed by atoms with E-state index in [9.17, 15) is 0 Å². The number of benzene rings is 1. The molecule has 0 aliphatic carbocycles. The van der Waals surface area contributed by atoms with Crippen molar-refractivity contribution in [2.75, 3.05) is 20.1 Å². The van der Waals surface area contributed by atoms with E-state index in [1.54, 1.807) is 0 Å². The summed E-state index contributed by atoms with van der Waals surface area (Å²) in [6, 6.07) is 9.47. The van der Waals surface area contributed by atoms with E-state index in [0.29, 0.717) is 12.1 Å². The molecule has 1 aromatic carbocycles. The van der Waals surface area contributed by atoms with Crippen LogP contribution in [0.1, 0.15) is 45.2 Å². The Morgan fingerprint density at radius 1 is 1.20 bits per heavy atom. The lowest BCUT2D eigenvalue weighted by Gasteiger charge is -2.32. The zero-order valence-corrected chi connectivity index (χ0v) is 13.2. The molecular formula is C17H28N2O. The van der Waals surface area contributed by atoms with Crippen LogP contribution in [0.3, 0.4) is 0 Å². The van der Waals surface area contributed by atoms with E-state index in [1.807, 2.05) is 0 Å². The predicted octanol–water partition coefficient (Wildman–Crippen LogP) is 3.22. The van der Waals surface area contributed by atoms with Crippen molar-refractivity contribution in [3.05, 3.63) is 29.8 Å². The molecule has 1 fully saturated rings. The number of hydrogen-bond donors (Lipinski definition) is 1. The van der Waals surface area contributed by atoms with Gasteiger partial charge in [-0.15, -0.1) is 0 Å². The second-order valence-corrected chi connectivity index (χ2v) is 6.23. The number of ether oxygens (including phenoxy) is 1. The van der Waals surface area contributed by atoms with Crippen molar-refractivity contribution >= 4 is 0 Å². The molecule has 2 rings (SSSR count). The van der Waals surface area contributed by atoms with Crippen LogP contribution in [0, 0.1) is 0 Å². The summed E-state index contributed by atoms with van der Waals surface area (Å²) in [4.78, 5) is 2.41. The highest BCUT2D eigenvalue weighted by Gasteiger charge is 2.19. The summed E-state index contributed by atoms with van der Waals surface area (Å²) in [7, 11) is 2.20. The van der Waals surface area contributed by atoms with Crippen molar-refractivity contribution in [2.24, 2.45) is 0 Å². The Labute approximate surface area is 123 Å². The van der Waals surface area contributed by atoms with Crippen LogP contribution >= 0.6 is 0 Å². The van der Waals surface area contributed by atoms with E-state index < -0.39 is 0 Å². The van der Waals surface area contributed by atoms with Crippen molar-refractivity contribution in [3.8, 4) is 5.75 Å². The molecule has 1 aliphatic heterocycles. The fourth-order valence-electron chi connectivity index (χ4n) is 2.86. The number of rotatable bonds is 5. The van der Waals surface area contributed by atoms with Crippen molar-refractivity contribution in [1.82, 2.24) is 10.2 Å². The van der Waals surface area contributed by atoms with Gasteiger partial charge >= 0.3 is 0 Å². The third kappa shape index (κ3) is 4.50. The Morgan fingerprint density at radius 2 is 1.90 bits per heavy atom. The highest BCUT2D eigenvalue weighted by Crippen LogP contribution is 2.20. The average Bonchev–Trinajstić information content (AvgIpc) is 2.38. The highest BCUT2D eigenvalue weighted by atomic mass is 16.5. The van der Waals surface area contributed by atoms with Crippen LogP contribution in [0.2, 0.25) is 0 Å². The summed E-state index contributed by atoms with van der Waals surface area (Å²) >= 11 is 0. The van der Waals surface area contributed by atoms with Gasteiger partial charge in [0.15, 0.2) is 0 Å². The number of likely N-dealkylation sites (tertiary alicyclic amines) is 1. The predicted molar refractivity (Wildman–Crippen MR) is 84.3 cm³/mol. The molecule has 2 unspecified atom stereocenters. The molecule has 0 radical (unpaired) electrons. The van der Waals surface area contributed by atoms with E-state index in [2.05, 4.69) is 62.3 Å². The molecule has 20 heavy (non-hydrogen) atoms. The minimum absolute atomic E-state index is 0.231. The Hall–Kier alpha value is -1.06. The van der Waals surface area contributed by atoms with Crippen LogP contribution in [-0.2, 0) is 0 Å². The summed E-state index contributed by atoms with van der Waals surface area (Å²) in [5.74, 6) is 0.952. The fourth-order valence-corrected chi connectivity index (χ4v) is 2.86. The van der Waals surface area contributed by atoms with Crippen molar-refractivity contribution in [3.63, 3.8) is 0 Å². The molecule has 1 aliphatic rings. The summed E-state index contributed by atoms with van der Waals surface area (Å²) in [5, 5.41) is 3.74. The van der Waals surface area contributed by atoms with Gasteiger partial charge in [0.2, 0.25) is 0 Å². The average molecular weight is 276 g/mol. The molecule has 2 atom stereocenters. The Bertz CT molecular complexity index is 402. The van der Waals surface area contributed by atoms with Gasteiger partial charge in [0, 0.05) is 18.6 Å². The van der Waals surface area contributed by atoms with Gasteiger partial charge in [-0.25, -0.2) is 0 Å². The first-order valence-electron chi connectivity index (χ1n) is 7.76. The highest BCUT2D eigenvalue weighted by molar-refractivity contribution is 5.29. The molecule has 3 nitrogen and oxygen atoms in total. The fraction of sp³-hybridized carbons (Fsp3) is 0.647. The molecule has 3 heteroatoms. The minimum Gasteiger partial charge on any atom is -0.491 e. The number of nitrogens with one attached hydrogen (secondary N) is 1. The maximum atomic E-state index is 5.69. The molecule has 0 aromatic heterocycles. The molecule has 0 amide bonds. The van der Waals surface area contributed by atoms with Gasteiger partial charge in [-0.05, 0) is 64.9 Å². The number of hydrogen-bond acceptors (Lipinski definition) is 3. The first-order valence-corrected chi connectivity index (χ1v) is 7.76. The molecule has 1 heterocycles. The number of nitrogens with zero attached hydrogens (tertiary/aromatic N) is 1. The third-order valence-corrected chi connectivity index (χ3v) is 3.86. The second kappa shape index (κ2) is 7.09. The molecule has 1 N–H and O–H groups in total. The topological polar surface area (TPSA) is 24.5 Å². The Balaban J connectivity index is 1.90. The van der Waals surface area contributed by atoms with Gasteiger partial charge in [0.05, 0.1) is 6.10 Å². The van der Waals surface area contributed by atoms with Crippen LogP contribution < -0.4 is 10.1 Å². The smallest absolute Gasteiger partial charge is 0.119 e. The molecular weight excluding hydrogens is 248 g/mol. The maximum absolute atomic E-state index is 5.69. The first-order chi connectivity index (χ1) is 9.54. The molecule has 0 saturated carbocycles. The van der Waals surface area contributed by atoms with Gasteiger partial charge in [0.1, 0.15) is 5.75 Å². The molecule has 1 aromatic rings. The van der Waals surface area contributed by atoms with Gasteiger partial charge in [0.25, 0.3) is 0 Å². The lowest BCUT2D eigenvalue weighted by Crippen LogP contribution is -2.44. The lowest BCUT2D eigenvalue weighted by atomic mass is 10.0.